The number of alkyl halides is 3. The Morgan fingerprint density at radius 1 is 1.21 bits per heavy atom. The van der Waals surface area contributed by atoms with Gasteiger partial charge >= 0.3 is 6.18 Å². The van der Waals surface area contributed by atoms with Crippen molar-refractivity contribution in [3.8, 4) is 0 Å². The fraction of sp³-hybridized carbons (Fsp3) is 0.286. The minimum Gasteiger partial charge on any atom is -0.375 e. The molecule has 2 atom stereocenters. The van der Waals surface area contributed by atoms with Crippen LogP contribution < -0.4 is 5.32 Å². The number of allylic oxidation sites excluding steroid dienone is 1. The van der Waals surface area contributed by atoms with Crippen LogP contribution in [0.1, 0.15) is 46.2 Å². The van der Waals surface area contributed by atoms with Gasteiger partial charge in [0.25, 0.3) is 0 Å². The quantitative estimate of drug-likeness (QED) is 0.490. The molecular weight excluding hydrogens is 426 g/mol. The van der Waals surface area contributed by atoms with Gasteiger partial charge in [-0.25, -0.2) is 0 Å². The average Bonchev–Trinajstić information content (AvgIpc) is 3.01. The maximum absolute atomic E-state index is 13.7. The molecule has 3 rings (SSSR count). The predicted molar refractivity (Wildman–Crippen MR) is 113 cm³/mol. The van der Waals surface area contributed by atoms with Gasteiger partial charge in [0.15, 0.2) is 0 Å². The number of aryl methyl sites for hydroxylation is 2. The second-order valence-corrected chi connectivity index (χ2v) is 7.87. The van der Waals surface area contributed by atoms with E-state index in [0.29, 0.717) is 5.56 Å². The van der Waals surface area contributed by atoms with Gasteiger partial charge in [0, 0.05) is 0 Å². The number of benzene rings is 2. The van der Waals surface area contributed by atoms with Gasteiger partial charge in [0.1, 0.15) is 0 Å². The Hall–Kier alpha value is -1.56. The van der Waals surface area contributed by atoms with Crippen molar-refractivity contribution in [2.75, 3.05) is 0 Å². The number of thiocarbonyl (C=S) groups is 1. The summed E-state index contributed by atoms with van der Waals surface area (Å²) in [5.41, 5.74) is 5.09. The lowest BCUT2D eigenvalue weighted by molar-refractivity contribution is -0.139. The van der Waals surface area contributed by atoms with E-state index >= 15 is 0 Å². The molecule has 1 nitrogen and oxygen atoms in total. The van der Waals surface area contributed by atoms with Crippen LogP contribution in [0.5, 0.6) is 0 Å². The molecule has 1 N–H and O–H groups in total. The third-order valence-corrected chi connectivity index (χ3v) is 5.97. The van der Waals surface area contributed by atoms with Gasteiger partial charge in [-0.2, -0.15) is 13.2 Å². The molecule has 0 bridgehead atoms. The molecule has 0 spiro atoms. The average molecular weight is 444 g/mol. The van der Waals surface area contributed by atoms with E-state index in [1.165, 1.54) is 29.8 Å². The molecule has 0 heterocycles. The predicted octanol–water partition coefficient (Wildman–Crippen LogP) is 7.20. The highest BCUT2D eigenvalue weighted by molar-refractivity contribution is 7.78. The van der Waals surface area contributed by atoms with Crippen LogP contribution in [0.25, 0.3) is 6.08 Å². The summed E-state index contributed by atoms with van der Waals surface area (Å²) in [5, 5.41) is 3.52. The van der Waals surface area contributed by atoms with Crippen LogP contribution in [0.2, 0.25) is 10.0 Å². The first-order valence-electron chi connectivity index (χ1n) is 8.73. The van der Waals surface area contributed by atoms with Gasteiger partial charge in [-0.3, -0.25) is 0 Å². The summed E-state index contributed by atoms with van der Waals surface area (Å²) in [6.45, 7) is 1.64. The first-order chi connectivity index (χ1) is 13.2. The maximum atomic E-state index is 13.7. The Labute approximate surface area is 177 Å². The van der Waals surface area contributed by atoms with Crippen LogP contribution in [-0.2, 0) is 6.42 Å². The zero-order valence-corrected chi connectivity index (χ0v) is 17.3. The van der Waals surface area contributed by atoms with E-state index in [9.17, 15) is 13.2 Å². The van der Waals surface area contributed by atoms with Crippen LogP contribution in [0.4, 0.5) is 13.2 Å². The van der Waals surface area contributed by atoms with Crippen LogP contribution in [0, 0.1) is 6.92 Å². The number of nitrogens with one attached hydrogen (secondary N) is 1. The molecule has 0 amide bonds. The molecule has 1 aliphatic rings. The van der Waals surface area contributed by atoms with Crippen molar-refractivity contribution in [2.24, 2.45) is 0 Å². The first-order valence-corrected chi connectivity index (χ1v) is 9.96. The van der Waals surface area contributed by atoms with Gasteiger partial charge in [-0.1, -0.05) is 71.8 Å². The second kappa shape index (κ2) is 8.44. The Morgan fingerprint density at radius 3 is 2.61 bits per heavy atom. The van der Waals surface area contributed by atoms with Crippen LogP contribution in [0.3, 0.4) is 0 Å². The summed E-state index contributed by atoms with van der Waals surface area (Å²) in [4.78, 5) is 0. The van der Waals surface area contributed by atoms with Crippen molar-refractivity contribution in [2.45, 2.75) is 37.9 Å². The summed E-state index contributed by atoms with van der Waals surface area (Å²) in [7, 11) is 0. The van der Waals surface area contributed by atoms with Crippen LogP contribution in [0.15, 0.2) is 36.4 Å². The molecule has 28 heavy (non-hydrogen) atoms. The molecular formula is C21H18Cl2F3NS. The summed E-state index contributed by atoms with van der Waals surface area (Å²) < 4.78 is 41.0. The van der Waals surface area contributed by atoms with Crippen molar-refractivity contribution in [3.63, 3.8) is 0 Å². The van der Waals surface area contributed by atoms with Crippen molar-refractivity contribution in [1.82, 2.24) is 5.32 Å². The van der Waals surface area contributed by atoms with Gasteiger partial charge in [0.2, 0.25) is 0 Å². The summed E-state index contributed by atoms with van der Waals surface area (Å²) >= 11 is 16.8. The van der Waals surface area contributed by atoms with E-state index in [0.717, 1.165) is 29.5 Å². The molecule has 1 aliphatic carbocycles. The van der Waals surface area contributed by atoms with Crippen molar-refractivity contribution < 1.29 is 13.2 Å². The van der Waals surface area contributed by atoms with Crippen LogP contribution in [-0.4, -0.2) is 11.7 Å². The van der Waals surface area contributed by atoms with Crippen molar-refractivity contribution in [3.05, 3.63) is 74.3 Å². The second-order valence-electron chi connectivity index (χ2n) is 6.85. The molecule has 0 saturated heterocycles. The third kappa shape index (κ3) is 4.53. The molecule has 0 aliphatic heterocycles. The molecule has 148 valence electrons. The number of rotatable bonds is 5. The monoisotopic (exact) mass is 443 g/mol. The zero-order valence-electron chi connectivity index (χ0n) is 15.0. The van der Waals surface area contributed by atoms with E-state index in [-0.39, 0.29) is 21.7 Å². The van der Waals surface area contributed by atoms with Gasteiger partial charge in [-0.05, 0) is 53.6 Å². The fourth-order valence-electron chi connectivity index (χ4n) is 3.55. The highest BCUT2D eigenvalue weighted by atomic mass is 35.5. The van der Waals surface area contributed by atoms with Crippen LogP contribution >= 0.6 is 35.4 Å². The molecule has 0 fully saturated rings. The normalized spacial score (nSPS) is 17.6. The minimum absolute atomic E-state index is 0.0713. The van der Waals surface area contributed by atoms with Crippen molar-refractivity contribution in [1.29, 1.82) is 0 Å². The Morgan fingerprint density at radius 2 is 1.96 bits per heavy atom. The number of fused-ring (bicyclic) bond motifs is 1. The highest BCUT2D eigenvalue weighted by Gasteiger charge is 2.39. The van der Waals surface area contributed by atoms with E-state index < -0.39 is 12.1 Å². The Balaban J connectivity index is 1.91. The minimum atomic E-state index is -4.44. The number of hydrogen-bond donors (Lipinski definition) is 1. The van der Waals surface area contributed by atoms with Crippen molar-refractivity contribution >= 4 is 47.0 Å². The number of hydrogen-bond acceptors (Lipinski definition) is 1. The molecule has 0 radical (unpaired) electrons. The van der Waals surface area contributed by atoms with Gasteiger partial charge in [0.05, 0.1) is 27.5 Å². The maximum Gasteiger partial charge on any atom is 0.399 e. The molecule has 7 heteroatoms. The summed E-state index contributed by atoms with van der Waals surface area (Å²) in [6, 6.07) is 8.60. The molecule has 2 unspecified atom stereocenters. The molecule has 2 aromatic rings. The Kier molecular flexibility index (Phi) is 6.37. The number of halogens is 5. The smallest absolute Gasteiger partial charge is 0.375 e. The van der Waals surface area contributed by atoms with E-state index in [2.05, 4.69) is 5.32 Å². The largest absolute Gasteiger partial charge is 0.399 e. The standard InChI is InChI=1S/C21H18Cl2F3NS/c1-12-8-15(10-18(22)20(12)23)17(21(24,25)26)6-3-13-2-5-16-14(9-13)4-7-19(16)27-11-28/h2-3,5-6,8-11,17,19H,4,7H2,1H3,(H,27,28)/b6-3+. The highest BCUT2D eigenvalue weighted by Crippen LogP contribution is 2.40. The lowest BCUT2D eigenvalue weighted by atomic mass is 9.95. The lowest BCUT2D eigenvalue weighted by Gasteiger charge is -2.19. The topological polar surface area (TPSA) is 12.0 Å². The van der Waals surface area contributed by atoms with E-state index in [1.807, 2.05) is 18.2 Å². The fourth-order valence-corrected chi connectivity index (χ4v) is 4.09. The lowest BCUT2D eigenvalue weighted by Crippen LogP contribution is -2.19. The Bertz CT molecular complexity index is 901. The molecule has 0 saturated carbocycles. The van der Waals surface area contributed by atoms with E-state index in [4.69, 9.17) is 35.4 Å². The van der Waals surface area contributed by atoms with Gasteiger partial charge < -0.3 is 5.32 Å². The van der Waals surface area contributed by atoms with Gasteiger partial charge in [-0.15, -0.1) is 0 Å². The summed E-state index contributed by atoms with van der Waals surface area (Å²) in [5.74, 6) is -1.77. The summed E-state index contributed by atoms with van der Waals surface area (Å²) in [6.07, 6.45) is 0.0275. The molecule has 0 aromatic heterocycles. The molecule has 2 aromatic carbocycles. The zero-order chi connectivity index (χ0) is 20.5. The third-order valence-electron chi connectivity index (χ3n) is 4.94. The first kappa shape index (κ1) is 21.2. The van der Waals surface area contributed by atoms with E-state index in [1.54, 1.807) is 6.92 Å². The SMILES string of the molecule is Cc1cc(C(/C=C/c2ccc3c(c2)CCC3NC=S)C(F)(F)F)cc(Cl)c1Cl.